The van der Waals surface area contributed by atoms with Gasteiger partial charge < -0.3 is 19.7 Å². The van der Waals surface area contributed by atoms with Gasteiger partial charge in [-0.3, -0.25) is 14.4 Å². The summed E-state index contributed by atoms with van der Waals surface area (Å²) in [6, 6.07) is 0. The minimum atomic E-state index is -1.74. The highest BCUT2D eigenvalue weighted by atomic mass is 32.2. The highest BCUT2D eigenvalue weighted by molar-refractivity contribution is 8.00. The van der Waals surface area contributed by atoms with E-state index in [2.05, 4.69) is 0 Å². The minimum absolute atomic E-state index is 0.00310. The number of hydrogen-bond acceptors (Lipinski definition) is 8. The second-order valence-corrected chi connectivity index (χ2v) is 10.1. The Morgan fingerprint density at radius 3 is 2.18 bits per heavy atom. The summed E-state index contributed by atoms with van der Waals surface area (Å²) in [6.45, 7) is 8.01. The van der Waals surface area contributed by atoms with E-state index in [-0.39, 0.29) is 11.3 Å². The molecule has 0 aromatic rings. The number of rotatable bonds is 4. The first-order valence-electron chi connectivity index (χ1n) is 9.35. The van der Waals surface area contributed by atoms with Gasteiger partial charge in [-0.25, -0.2) is 0 Å². The third-order valence-electron chi connectivity index (χ3n) is 6.87. The molecule has 0 bridgehead atoms. The van der Waals surface area contributed by atoms with Crippen LogP contribution in [0.5, 0.6) is 0 Å². The SMILES string of the molecule is COC(=O)CS[C@H]1C2=C([C@@H](OC(C)=O)C1(C)C)[C@](C)(O)C1(CC1)[C@@](C)(O)C2=O. The number of carbonyl (C=O) groups is 3. The molecule has 0 aromatic heterocycles. The standard InChI is InChI=1S/C20H28O7S/c1-10(21)27-15-13-12(16(17(15,2)3)28-9-11(22)26-6)14(23)19(5,25)20(7-8-20)18(13,4)24/h15-16,24-25H,7-9H2,1-6H3/t15-,16+,18+,19+/m1/s1. The van der Waals surface area contributed by atoms with Gasteiger partial charge in [0.25, 0.3) is 0 Å². The number of hydrogen-bond donors (Lipinski definition) is 2. The van der Waals surface area contributed by atoms with Crippen LogP contribution in [0.2, 0.25) is 0 Å². The Kier molecular flexibility index (Phi) is 4.81. The van der Waals surface area contributed by atoms with E-state index in [4.69, 9.17) is 9.47 Å². The fourth-order valence-electron chi connectivity index (χ4n) is 5.12. The number of thioether (sulfide) groups is 1. The van der Waals surface area contributed by atoms with Gasteiger partial charge >= 0.3 is 11.9 Å². The van der Waals surface area contributed by atoms with Crippen molar-refractivity contribution in [1.29, 1.82) is 0 Å². The van der Waals surface area contributed by atoms with Crippen LogP contribution in [0.25, 0.3) is 0 Å². The molecule has 0 saturated heterocycles. The fraction of sp³-hybridized carbons (Fsp3) is 0.750. The van der Waals surface area contributed by atoms with E-state index < -0.39 is 51.1 Å². The molecular formula is C20H28O7S. The summed E-state index contributed by atoms with van der Waals surface area (Å²) < 4.78 is 10.3. The molecule has 3 aliphatic carbocycles. The van der Waals surface area contributed by atoms with Crippen molar-refractivity contribution in [3.8, 4) is 0 Å². The molecule has 2 N–H and O–H groups in total. The van der Waals surface area contributed by atoms with Gasteiger partial charge in [0.05, 0.1) is 18.5 Å². The van der Waals surface area contributed by atoms with Gasteiger partial charge in [0.15, 0.2) is 5.78 Å². The van der Waals surface area contributed by atoms with Crippen LogP contribution in [0.4, 0.5) is 0 Å². The van der Waals surface area contributed by atoms with Crippen molar-refractivity contribution in [3.63, 3.8) is 0 Å². The van der Waals surface area contributed by atoms with Crippen molar-refractivity contribution < 1.29 is 34.1 Å². The van der Waals surface area contributed by atoms with Gasteiger partial charge in [0.2, 0.25) is 0 Å². The molecule has 156 valence electrons. The van der Waals surface area contributed by atoms with Crippen LogP contribution in [0.1, 0.15) is 47.5 Å². The number of ether oxygens (including phenoxy) is 2. The van der Waals surface area contributed by atoms with E-state index in [9.17, 15) is 24.6 Å². The van der Waals surface area contributed by atoms with Crippen molar-refractivity contribution in [3.05, 3.63) is 11.1 Å². The van der Waals surface area contributed by atoms with Gasteiger partial charge in [-0.15, -0.1) is 11.8 Å². The summed E-state index contributed by atoms with van der Waals surface area (Å²) in [6.07, 6.45) is 0.175. The Bertz CT molecular complexity index is 773. The summed E-state index contributed by atoms with van der Waals surface area (Å²) in [7, 11) is 1.28. The molecule has 4 atom stereocenters. The quantitative estimate of drug-likeness (QED) is 0.667. The van der Waals surface area contributed by atoms with E-state index in [0.29, 0.717) is 18.4 Å². The van der Waals surface area contributed by atoms with Crippen molar-refractivity contribution in [2.75, 3.05) is 12.9 Å². The van der Waals surface area contributed by atoms with Crippen molar-refractivity contribution in [1.82, 2.24) is 0 Å². The predicted octanol–water partition coefficient (Wildman–Crippen LogP) is 1.39. The molecule has 3 aliphatic rings. The third kappa shape index (κ3) is 2.60. The van der Waals surface area contributed by atoms with Crippen LogP contribution in [0.3, 0.4) is 0 Å². The highest BCUT2D eigenvalue weighted by Crippen LogP contribution is 2.70. The van der Waals surface area contributed by atoms with E-state index in [1.54, 1.807) is 6.92 Å². The Labute approximate surface area is 168 Å². The summed E-state index contributed by atoms with van der Waals surface area (Å²) in [5.41, 5.74) is -4.39. The number of ketones is 1. The molecule has 0 heterocycles. The lowest BCUT2D eigenvalue weighted by atomic mass is 9.61. The van der Waals surface area contributed by atoms with E-state index in [1.807, 2.05) is 13.8 Å². The lowest BCUT2D eigenvalue weighted by molar-refractivity contribution is -0.163. The Morgan fingerprint density at radius 1 is 1.14 bits per heavy atom. The summed E-state index contributed by atoms with van der Waals surface area (Å²) in [4.78, 5) is 37.0. The van der Waals surface area contributed by atoms with Crippen molar-refractivity contribution in [2.45, 2.75) is 70.0 Å². The number of esters is 2. The zero-order chi connectivity index (χ0) is 21.3. The molecule has 1 spiro atoms. The second-order valence-electron chi connectivity index (χ2n) is 8.96. The van der Waals surface area contributed by atoms with E-state index in [1.165, 1.54) is 32.7 Å². The normalized spacial score (nSPS) is 37.6. The highest BCUT2D eigenvalue weighted by Gasteiger charge is 2.76. The minimum Gasteiger partial charge on any atom is -0.468 e. The Morgan fingerprint density at radius 2 is 1.71 bits per heavy atom. The number of carbonyl (C=O) groups excluding carboxylic acids is 3. The fourth-order valence-corrected chi connectivity index (χ4v) is 6.49. The number of methoxy groups -OCH3 is 1. The smallest absolute Gasteiger partial charge is 0.315 e. The zero-order valence-electron chi connectivity index (χ0n) is 17.1. The van der Waals surface area contributed by atoms with E-state index >= 15 is 0 Å². The van der Waals surface area contributed by atoms with Crippen LogP contribution in [0, 0.1) is 10.8 Å². The zero-order valence-corrected chi connectivity index (χ0v) is 17.9. The van der Waals surface area contributed by atoms with Crippen molar-refractivity contribution >= 4 is 29.5 Å². The van der Waals surface area contributed by atoms with Gasteiger partial charge in [-0.2, -0.15) is 0 Å². The molecule has 0 unspecified atom stereocenters. The predicted molar refractivity (Wildman–Crippen MR) is 103 cm³/mol. The maximum Gasteiger partial charge on any atom is 0.315 e. The van der Waals surface area contributed by atoms with Crippen LogP contribution >= 0.6 is 11.8 Å². The molecule has 8 heteroatoms. The molecule has 7 nitrogen and oxygen atoms in total. The van der Waals surface area contributed by atoms with Crippen LogP contribution in [-0.2, 0) is 23.9 Å². The van der Waals surface area contributed by atoms with Crippen LogP contribution in [-0.4, -0.2) is 63.4 Å². The molecule has 0 radical (unpaired) electrons. The van der Waals surface area contributed by atoms with Gasteiger partial charge in [0, 0.05) is 34.1 Å². The van der Waals surface area contributed by atoms with Crippen LogP contribution in [0.15, 0.2) is 11.1 Å². The van der Waals surface area contributed by atoms with Crippen LogP contribution < -0.4 is 0 Å². The first kappa shape index (κ1) is 21.3. The molecule has 0 aromatic carbocycles. The summed E-state index contributed by atoms with van der Waals surface area (Å²) in [5.74, 6) is -1.43. The lowest BCUT2D eigenvalue weighted by Crippen LogP contribution is -2.61. The van der Waals surface area contributed by atoms with Gasteiger partial charge in [0.1, 0.15) is 11.7 Å². The number of Topliss-reactive ketones (excluding diaryl/α,β-unsaturated/α-hetero) is 1. The largest absolute Gasteiger partial charge is 0.468 e. The molecule has 0 aliphatic heterocycles. The summed E-state index contributed by atoms with van der Waals surface area (Å²) in [5, 5.41) is 22.2. The molecule has 3 rings (SSSR count). The molecule has 0 amide bonds. The third-order valence-corrected chi connectivity index (χ3v) is 8.45. The molecule has 28 heavy (non-hydrogen) atoms. The average molecular weight is 413 g/mol. The maximum absolute atomic E-state index is 13.4. The van der Waals surface area contributed by atoms with E-state index in [0.717, 1.165) is 0 Å². The molecule has 1 fully saturated rings. The first-order chi connectivity index (χ1) is 12.8. The lowest BCUT2D eigenvalue weighted by Gasteiger charge is -2.48. The van der Waals surface area contributed by atoms with Gasteiger partial charge in [-0.1, -0.05) is 13.8 Å². The number of aliphatic hydroxyl groups is 2. The first-order valence-corrected chi connectivity index (χ1v) is 10.4. The Balaban J connectivity index is 2.18. The maximum atomic E-state index is 13.4. The molecule has 1 saturated carbocycles. The summed E-state index contributed by atoms with van der Waals surface area (Å²) >= 11 is 1.20. The second kappa shape index (κ2) is 6.31. The molecular weight excluding hydrogens is 384 g/mol. The van der Waals surface area contributed by atoms with Crippen molar-refractivity contribution in [2.24, 2.45) is 10.8 Å². The topological polar surface area (TPSA) is 110 Å². The average Bonchev–Trinajstić information content (AvgIpc) is 3.36. The Hall–Kier alpha value is -1.38. The van der Waals surface area contributed by atoms with Gasteiger partial charge in [-0.05, 0) is 26.7 Å². The monoisotopic (exact) mass is 412 g/mol.